The molecule has 2 heteroatoms. The summed E-state index contributed by atoms with van der Waals surface area (Å²) in [5.41, 5.74) is 5.70. The second-order valence-electron chi connectivity index (χ2n) is 5.38. The fourth-order valence-electron chi connectivity index (χ4n) is 2.94. The molecular weight excluding hydrogens is 232 g/mol. The van der Waals surface area contributed by atoms with E-state index in [4.69, 9.17) is 0 Å². The number of hydrogen-bond acceptors (Lipinski definition) is 1. The molecule has 100 valence electrons. The molecule has 3 rings (SSSR count). The average Bonchev–Trinajstić information content (AvgIpc) is 3.05. The van der Waals surface area contributed by atoms with Gasteiger partial charge < -0.3 is 9.88 Å². The number of benzene rings is 1. The van der Waals surface area contributed by atoms with Gasteiger partial charge in [-0.15, -0.1) is 0 Å². The van der Waals surface area contributed by atoms with Gasteiger partial charge in [-0.3, -0.25) is 0 Å². The van der Waals surface area contributed by atoms with E-state index in [1.807, 2.05) is 0 Å². The van der Waals surface area contributed by atoms with Gasteiger partial charge in [0.15, 0.2) is 0 Å². The van der Waals surface area contributed by atoms with Crippen LogP contribution in [0.3, 0.4) is 0 Å². The average molecular weight is 254 g/mol. The van der Waals surface area contributed by atoms with Crippen molar-refractivity contribution >= 4 is 5.69 Å². The van der Waals surface area contributed by atoms with Crippen molar-refractivity contribution in [2.24, 2.45) is 0 Å². The number of hydrogen-bond donors (Lipinski definition) is 1. The maximum Gasteiger partial charge on any atom is 0.0553 e. The van der Waals surface area contributed by atoms with E-state index in [-0.39, 0.29) is 0 Å². The van der Waals surface area contributed by atoms with Crippen LogP contribution in [0.25, 0.3) is 0 Å². The largest absolute Gasteiger partial charge is 0.379 e. The van der Waals surface area contributed by atoms with E-state index in [9.17, 15) is 0 Å². The van der Waals surface area contributed by atoms with E-state index >= 15 is 0 Å². The molecule has 0 radical (unpaired) electrons. The van der Waals surface area contributed by atoms with Crippen LogP contribution in [0.15, 0.2) is 36.5 Å². The van der Waals surface area contributed by atoms with Crippen LogP contribution in [0, 0.1) is 0 Å². The van der Waals surface area contributed by atoms with Crippen LogP contribution in [0.5, 0.6) is 0 Å². The summed E-state index contributed by atoms with van der Waals surface area (Å²) in [5, 5.41) is 3.55. The van der Waals surface area contributed by atoms with Crippen molar-refractivity contribution < 1.29 is 0 Å². The molecule has 0 amide bonds. The smallest absolute Gasteiger partial charge is 0.0553 e. The van der Waals surface area contributed by atoms with Crippen molar-refractivity contribution in [3.63, 3.8) is 0 Å². The maximum absolute atomic E-state index is 3.55. The first kappa shape index (κ1) is 12.3. The van der Waals surface area contributed by atoms with Crippen molar-refractivity contribution in [2.75, 3.05) is 5.32 Å². The highest BCUT2D eigenvalue weighted by Gasteiger charge is 2.10. The molecule has 0 saturated carbocycles. The Morgan fingerprint density at radius 3 is 2.95 bits per heavy atom. The van der Waals surface area contributed by atoms with Crippen LogP contribution >= 0.6 is 0 Å². The number of anilines is 1. The normalized spacial score (nSPS) is 13.5. The zero-order valence-electron chi connectivity index (χ0n) is 11.7. The van der Waals surface area contributed by atoms with E-state index in [0.29, 0.717) is 0 Å². The summed E-state index contributed by atoms with van der Waals surface area (Å²) in [7, 11) is 0. The van der Waals surface area contributed by atoms with Gasteiger partial charge in [-0.05, 0) is 61.1 Å². The lowest BCUT2D eigenvalue weighted by atomic mass is 10.1. The molecule has 0 spiro atoms. The first-order valence-electron chi connectivity index (χ1n) is 7.36. The standard InChI is InChI=1S/C17H22N2/c1-2-10-19-11-4-7-17(19)13-18-16-9-8-14-5-3-6-15(14)12-16/h4,7-9,11-12,18H,2-3,5-6,10,13H2,1H3. The summed E-state index contributed by atoms with van der Waals surface area (Å²) in [4.78, 5) is 0. The molecule has 1 aliphatic rings. The summed E-state index contributed by atoms with van der Waals surface area (Å²) >= 11 is 0. The monoisotopic (exact) mass is 254 g/mol. The molecule has 1 N–H and O–H groups in total. The first-order valence-corrected chi connectivity index (χ1v) is 7.36. The predicted molar refractivity (Wildman–Crippen MR) is 80.5 cm³/mol. The molecule has 0 atom stereocenters. The summed E-state index contributed by atoms with van der Waals surface area (Å²) in [6, 6.07) is 11.2. The fourth-order valence-corrected chi connectivity index (χ4v) is 2.94. The van der Waals surface area contributed by atoms with Gasteiger partial charge in [0.25, 0.3) is 0 Å². The van der Waals surface area contributed by atoms with Gasteiger partial charge in [-0.2, -0.15) is 0 Å². The molecule has 0 aliphatic heterocycles. The Morgan fingerprint density at radius 2 is 2.05 bits per heavy atom. The lowest BCUT2D eigenvalue weighted by molar-refractivity contribution is 0.654. The third-order valence-electron chi connectivity index (χ3n) is 3.96. The van der Waals surface area contributed by atoms with Crippen molar-refractivity contribution in [3.8, 4) is 0 Å². The van der Waals surface area contributed by atoms with E-state index in [1.165, 1.54) is 42.6 Å². The van der Waals surface area contributed by atoms with Gasteiger partial charge in [0.1, 0.15) is 0 Å². The molecule has 19 heavy (non-hydrogen) atoms. The fraction of sp³-hybridized carbons (Fsp3) is 0.412. The SMILES string of the molecule is CCCn1cccc1CNc1ccc2c(c1)CCC2. The van der Waals surface area contributed by atoms with E-state index < -0.39 is 0 Å². The molecule has 1 aromatic carbocycles. The minimum atomic E-state index is 0.909. The van der Waals surface area contributed by atoms with Crippen LogP contribution < -0.4 is 5.32 Å². The molecule has 1 aromatic heterocycles. The third kappa shape index (κ3) is 2.67. The van der Waals surface area contributed by atoms with Gasteiger partial charge in [-0.25, -0.2) is 0 Å². The van der Waals surface area contributed by atoms with E-state index in [0.717, 1.165) is 13.1 Å². The molecule has 1 heterocycles. The summed E-state index contributed by atoms with van der Waals surface area (Å²) in [6.07, 6.45) is 7.17. The predicted octanol–water partition coefficient (Wildman–Crippen LogP) is 4.00. The number of fused-ring (bicyclic) bond motifs is 1. The van der Waals surface area contributed by atoms with E-state index in [1.54, 1.807) is 5.56 Å². The second kappa shape index (κ2) is 5.52. The topological polar surface area (TPSA) is 17.0 Å². The van der Waals surface area contributed by atoms with Gasteiger partial charge in [-0.1, -0.05) is 13.0 Å². The van der Waals surface area contributed by atoms with Crippen molar-refractivity contribution in [2.45, 2.75) is 45.7 Å². The van der Waals surface area contributed by atoms with Crippen LogP contribution in [0.4, 0.5) is 5.69 Å². The second-order valence-corrected chi connectivity index (χ2v) is 5.38. The zero-order chi connectivity index (χ0) is 13.1. The molecule has 0 saturated heterocycles. The summed E-state index contributed by atoms with van der Waals surface area (Å²) in [5.74, 6) is 0. The molecule has 0 fully saturated rings. The lowest BCUT2D eigenvalue weighted by Gasteiger charge is -2.11. The minimum Gasteiger partial charge on any atom is -0.379 e. The van der Waals surface area contributed by atoms with Crippen LogP contribution in [0.1, 0.15) is 36.6 Å². The maximum atomic E-state index is 3.55. The minimum absolute atomic E-state index is 0.909. The Morgan fingerprint density at radius 1 is 1.16 bits per heavy atom. The number of nitrogens with one attached hydrogen (secondary N) is 1. The number of aromatic nitrogens is 1. The summed E-state index contributed by atoms with van der Waals surface area (Å²) < 4.78 is 2.33. The Balaban J connectivity index is 1.67. The highest BCUT2D eigenvalue weighted by molar-refractivity contribution is 5.50. The Labute approximate surface area is 115 Å². The molecule has 1 aliphatic carbocycles. The number of rotatable bonds is 5. The summed E-state index contributed by atoms with van der Waals surface area (Å²) in [6.45, 7) is 4.23. The van der Waals surface area contributed by atoms with Crippen LogP contribution in [-0.4, -0.2) is 4.57 Å². The zero-order valence-corrected chi connectivity index (χ0v) is 11.7. The lowest BCUT2D eigenvalue weighted by Crippen LogP contribution is -2.07. The van der Waals surface area contributed by atoms with Gasteiger partial charge in [0.05, 0.1) is 6.54 Å². The van der Waals surface area contributed by atoms with Crippen molar-refractivity contribution in [1.82, 2.24) is 4.57 Å². The Kier molecular flexibility index (Phi) is 3.58. The van der Waals surface area contributed by atoms with Gasteiger partial charge >= 0.3 is 0 Å². The molecule has 0 unspecified atom stereocenters. The number of nitrogens with zero attached hydrogens (tertiary/aromatic N) is 1. The highest BCUT2D eigenvalue weighted by atomic mass is 15.0. The van der Waals surface area contributed by atoms with Gasteiger partial charge in [0.2, 0.25) is 0 Å². The Hall–Kier alpha value is -1.70. The molecule has 2 aromatic rings. The van der Waals surface area contributed by atoms with Crippen molar-refractivity contribution in [1.29, 1.82) is 0 Å². The van der Waals surface area contributed by atoms with Gasteiger partial charge in [0, 0.05) is 24.1 Å². The molecule has 2 nitrogen and oxygen atoms in total. The Bertz CT molecular complexity index is 554. The van der Waals surface area contributed by atoms with Crippen molar-refractivity contribution in [3.05, 3.63) is 53.3 Å². The molecular formula is C17H22N2. The highest BCUT2D eigenvalue weighted by Crippen LogP contribution is 2.25. The third-order valence-corrected chi connectivity index (χ3v) is 3.96. The first-order chi connectivity index (χ1) is 9.36. The van der Waals surface area contributed by atoms with Crippen LogP contribution in [0.2, 0.25) is 0 Å². The molecule has 0 bridgehead atoms. The van der Waals surface area contributed by atoms with Crippen LogP contribution in [-0.2, 0) is 25.9 Å². The number of aryl methyl sites for hydroxylation is 3. The quantitative estimate of drug-likeness (QED) is 0.853. The van der Waals surface area contributed by atoms with E-state index in [2.05, 4.69) is 53.3 Å².